The van der Waals surface area contributed by atoms with Crippen LogP contribution in [0.2, 0.25) is 0 Å². The maximum Gasteiger partial charge on any atom is 0.360 e. The van der Waals surface area contributed by atoms with Crippen LogP contribution in [-0.2, 0) is 0 Å². The Morgan fingerprint density at radius 3 is 2.19 bits per heavy atom. The van der Waals surface area contributed by atoms with Crippen molar-refractivity contribution in [1.29, 1.82) is 0 Å². The first-order valence-electron chi connectivity index (χ1n) is 6.78. The second kappa shape index (κ2) is 5.44. The summed E-state index contributed by atoms with van der Waals surface area (Å²) in [5, 5.41) is 2.09. The molecule has 0 fully saturated rings. The minimum atomic E-state index is 0.704. The molecule has 0 atom stereocenters. The third-order valence-electron chi connectivity index (χ3n) is 3.54. The van der Waals surface area contributed by atoms with Crippen LogP contribution in [0.15, 0.2) is 52.9 Å². The van der Waals surface area contributed by atoms with E-state index in [9.17, 15) is 0 Å². The first kappa shape index (κ1) is 13.4. The molecule has 0 unspecified atom stereocenters. The van der Waals surface area contributed by atoms with Gasteiger partial charge in [0.2, 0.25) is 0 Å². The highest BCUT2D eigenvalue weighted by molar-refractivity contribution is 5.89. The smallest absolute Gasteiger partial charge is 0.360 e. The van der Waals surface area contributed by atoms with Crippen LogP contribution in [0.4, 0.5) is 0 Å². The fraction of sp³-hybridized carbons (Fsp3) is 0.167. The van der Waals surface area contributed by atoms with Crippen LogP contribution in [0.5, 0.6) is 11.5 Å². The largest absolute Gasteiger partial charge is 0.493 e. The predicted octanol–water partition coefficient (Wildman–Crippen LogP) is 4.71. The Labute approximate surface area is 123 Å². The summed E-state index contributed by atoms with van der Waals surface area (Å²) in [5.74, 6) is 3.12. The predicted molar refractivity (Wildman–Crippen MR) is 83.9 cm³/mol. The summed E-state index contributed by atoms with van der Waals surface area (Å²) in [6.07, 6.45) is 0. The molecule has 0 bridgehead atoms. The van der Waals surface area contributed by atoms with Gasteiger partial charge in [-0.05, 0) is 18.2 Å². The maximum atomic E-state index is 5.95. The molecule has 3 rings (SSSR count). The summed E-state index contributed by atoms with van der Waals surface area (Å²) >= 11 is 0. The van der Waals surface area contributed by atoms with E-state index in [4.69, 9.17) is 13.9 Å². The van der Waals surface area contributed by atoms with Crippen molar-refractivity contribution >= 4 is 10.8 Å². The molecule has 3 nitrogen and oxygen atoms in total. The van der Waals surface area contributed by atoms with Gasteiger partial charge in [-0.15, -0.1) is 0 Å². The van der Waals surface area contributed by atoms with Crippen molar-refractivity contribution in [2.24, 2.45) is 0 Å². The summed E-state index contributed by atoms with van der Waals surface area (Å²) < 4.78 is 16.7. The number of rotatable bonds is 3. The van der Waals surface area contributed by atoms with E-state index in [0.29, 0.717) is 5.75 Å². The van der Waals surface area contributed by atoms with Gasteiger partial charge in [0.1, 0.15) is 0 Å². The van der Waals surface area contributed by atoms with Gasteiger partial charge in [-0.3, -0.25) is 0 Å². The van der Waals surface area contributed by atoms with Gasteiger partial charge in [-0.1, -0.05) is 18.2 Å². The summed E-state index contributed by atoms with van der Waals surface area (Å²) in [7, 11) is 3.27. The highest BCUT2D eigenvalue weighted by Gasteiger charge is 2.19. The number of fused-ring (bicyclic) bond motifs is 1. The molecule has 0 amide bonds. The van der Waals surface area contributed by atoms with E-state index < -0.39 is 0 Å². The Bertz CT molecular complexity index is 779. The van der Waals surface area contributed by atoms with Gasteiger partial charge in [0, 0.05) is 11.5 Å². The Morgan fingerprint density at radius 2 is 1.52 bits per heavy atom. The average Bonchev–Trinajstić information content (AvgIpc) is 2.54. The van der Waals surface area contributed by atoms with E-state index in [0.717, 1.165) is 33.6 Å². The van der Waals surface area contributed by atoms with Crippen molar-refractivity contribution in [3.8, 4) is 22.8 Å². The van der Waals surface area contributed by atoms with Crippen molar-refractivity contribution in [2.75, 3.05) is 14.2 Å². The minimum Gasteiger partial charge on any atom is -0.493 e. The summed E-state index contributed by atoms with van der Waals surface area (Å²) in [5.41, 5.74) is 1.05. The van der Waals surface area contributed by atoms with Crippen molar-refractivity contribution < 1.29 is 13.9 Å². The van der Waals surface area contributed by atoms with Gasteiger partial charge in [0.15, 0.2) is 11.5 Å². The number of ether oxygens (including phenoxy) is 2. The molecule has 0 saturated heterocycles. The lowest BCUT2D eigenvalue weighted by Crippen LogP contribution is -1.92. The Balaban J connectivity index is 2.24. The van der Waals surface area contributed by atoms with Crippen molar-refractivity contribution in [1.82, 2.24) is 0 Å². The van der Waals surface area contributed by atoms with Gasteiger partial charge in [-0.2, -0.15) is 0 Å². The third kappa shape index (κ3) is 2.42. The lowest BCUT2D eigenvalue weighted by molar-refractivity contribution is 0.355. The van der Waals surface area contributed by atoms with Gasteiger partial charge >= 0.3 is 11.5 Å². The van der Waals surface area contributed by atoms with Crippen LogP contribution in [0.3, 0.4) is 0 Å². The number of hydrogen-bond donors (Lipinski definition) is 0. The molecule has 106 valence electrons. The van der Waals surface area contributed by atoms with Crippen LogP contribution in [-0.4, -0.2) is 14.2 Å². The van der Waals surface area contributed by atoms with Gasteiger partial charge in [0.25, 0.3) is 0 Å². The Kier molecular flexibility index (Phi) is 3.48. The number of hydrogen-bond acceptors (Lipinski definition) is 2. The molecular formula is C18H17O3+. The van der Waals surface area contributed by atoms with E-state index >= 15 is 0 Å². The van der Waals surface area contributed by atoms with Crippen molar-refractivity contribution in [3.63, 3.8) is 0 Å². The molecule has 3 heteroatoms. The zero-order valence-corrected chi connectivity index (χ0v) is 12.3. The molecule has 3 aromatic rings. The van der Waals surface area contributed by atoms with Crippen LogP contribution in [0.1, 0.15) is 5.76 Å². The molecule has 1 heterocycles. The molecule has 21 heavy (non-hydrogen) atoms. The molecule has 0 N–H and O–H groups in total. The van der Waals surface area contributed by atoms with E-state index in [1.54, 1.807) is 14.2 Å². The van der Waals surface area contributed by atoms with E-state index in [1.165, 1.54) is 0 Å². The zero-order valence-electron chi connectivity index (χ0n) is 12.3. The first-order valence-corrected chi connectivity index (χ1v) is 6.78. The molecule has 0 aliphatic rings. The summed E-state index contributed by atoms with van der Waals surface area (Å²) in [6, 6.07) is 16.0. The lowest BCUT2D eigenvalue weighted by Gasteiger charge is -2.08. The van der Waals surface area contributed by atoms with Crippen molar-refractivity contribution in [2.45, 2.75) is 6.92 Å². The molecule has 1 aromatic heterocycles. The van der Waals surface area contributed by atoms with Crippen LogP contribution in [0.25, 0.3) is 22.1 Å². The number of methoxy groups -OCH3 is 2. The highest BCUT2D eigenvalue weighted by Crippen LogP contribution is 2.35. The van der Waals surface area contributed by atoms with Crippen LogP contribution < -0.4 is 9.47 Å². The summed E-state index contributed by atoms with van der Waals surface area (Å²) in [6.45, 7) is 1.96. The average molecular weight is 281 g/mol. The first-order chi connectivity index (χ1) is 10.2. The van der Waals surface area contributed by atoms with Crippen LogP contribution in [0, 0.1) is 6.92 Å². The Hall–Kier alpha value is -2.55. The third-order valence-corrected chi connectivity index (χ3v) is 3.54. The molecular weight excluding hydrogens is 264 g/mol. The van der Waals surface area contributed by atoms with Gasteiger partial charge in [-0.25, -0.2) is 4.42 Å². The molecule has 0 saturated carbocycles. The minimum absolute atomic E-state index is 0.704. The van der Waals surface area contributed by atoms with Crippen molar-refractivity contribution in [3.05, 3.63) is 54.3 Å². The maximum absolute atomic E-state index is 5.95. The Morgan fingerprint density at radius 1 is 0.857 bits per heavy atom. The summed E-state index contributed by atoms with van der Waals surface area (Å²) in [4.78, 5) is 0. The fourth-order valence-corrected chi connectivity index (χ4v) is 2.45. The normalized spacial score (nSPS) is 10.6. The zero-order chi connectivity index (χ0) is 14.8. The van der Waals surface area contributed by atoms with Crippen LogP contribution >= 0.6 is 0 Å². The second-order valence-corrected chi connectivity index (χ2v) is 4.83. The standard InChI is InChI=1S/C18H17O3/c1-12-15-11-18(20-3)17(19-2)10-14(15)9-16(21-12)13-7-5-4-6-8-13/h4-11H,1-3H3/q+1. The molecule has 0 spiro atoms. The second-order valence-electron chi connectivity index (χ2n) is 4.83. The molecule has 2 aromatic carbocycles. The van der Waals surface area contributed by atoms with E-state index in [-0.39, 0.29) is 0 Å². The SMILES string of the molecule is COc1cc2cc(-c3ccccc3)[o+]c(C)c2cc1OC. The quantitative estimate of drug-likeness (QED) is 0.651. The monoisotopic (exact) mass is 281 g/mol. The number of benzene rings is 2. The number of aryl methyl sites for hydroxylation is 1. The van der Waals surface area contributed by atoms with E-state index in [2.05, 4.69) is 0 Å². The highest BCUT2D eigenvalue weighted by atomic mass is 16.5. The topological polar surface area (TPSA) is 29.8 Å². The molecule has 0 radical (unpaired) electrons. The molecule has 0 aliphatic carbocycles. The fourth-order valence-electron chi connectivity index (χ4n) is 2.45. The lowest BCUT2D eigenvalue weighted by atomic mass is 10.1. The van der Waals surface area contributed by atoms with Gasteiger partial charge < -0.3 is 9.47 Å². The molecule has 0 aliphatic heterocycles. The van der Waals surface area contributed by atoms with Gasteiger partial charge in [0.05, 0.1) is 38.2 Å². The van der Waals surface area contributed by atoms with E-state index in [1.807, 2.05) is 55.5 Å².